The number of benzene rings is 1. The first kappa shape index (κ1) is 15.6. The van der Waals surface area contributed by atoms with Gasteiger partial charge < -0.3 is 8.98 Å². The average molecular weight is 337 g/mol. The molecule has 0 unspecified atom stereocenters. The van der Waals surface area contributed by atoms with E-state index in [0.717, 1.165) is 10.6 Å². The van der Waals surface area contributed by atoms with Gasteiger partial charge in [0.15, 0.2) is 5.58 Å². The molecule has 2 heterocycles. The van der Waals surface area contributed by atoms with Gasteiger partial charge in [0.1, 0.15) is 17.3 Å². The van der Waals surface area contributed by atoms with E-state index < -0.39 is 17.1 Å². The van der Waals surface area contributed by atoms with Crippen LogP contribution in [0.4, 0.5) is 4.39 Å². The Morgan fingerprint density at radius 3 is 2.61 bits per heavy atom. The van der Waals surface area contributed by atoms with Crippen molar-refractivity contribution in [3.63, 3.8) is 0 Å². The van der Waals surface area contributed by atoms with Gasteiger partial charge in [0.05, 0.1) is 5.02 Å². The standard InChI is InChI=1S/C16H14ClFN2O3/c1-4-9-6-10-14(12(18)7-11(17)15(10)23-9)20-13(21)5-8(2)19(3)16(20)22/h5-7H,4H2,1-3H3. The second-order valence-electron chi connectivity index (χ2n) is 5.30. The molecule has 0 fully saturated rings. The highest BCUT2D eigenvalue weighted by atomic mass is 35.5. The first-order valence-electron chi connectivity index (χ1n) is 7.05. The molecule has 0 bridgehead atoms. The van der Waals surface area contributed by atoms with Gasteiger partial charge in [-0.15, -0.1) is 0 Å². The normalized spacial score (nSPS) is 11.3. The summed E-state index contributed by atoms with van der Waals surface area (Å²) in [7, 11) is 1.52. The fourth-order valence-corrected chi connectivity index (χ4v) is 2.75. The van der Waals surface area contributed by atoms with Crippen molar-refractivity contribution in [2.45, 2.75) is 20.3 Å². The fourth-order valence-electron chi connectivity index (χ4n) is 2.51. The SMILES string of the molecule is CCc1cc2c(-n3c(=O)cc(C)n(C)c3=O)c(F)cc(Cl)c2o1. The fraction of sp³-hybridized carbons (Fsp3) is 0.250. The van der Waals surface area contributed by atoms with Gasteiger partial charge in [0.25, 0.3) is 5.56 Å². The van der Waals surface area contributed by atoms with E-state index in [1.54, 1.807) is 13.0 Å². The van der Waals surface area contributed by atoms with Crippen LogP contribution in [-0.2, 0) is 13.5 Å². The van der Waals surface area contributed by atoms with Gasteiger partial charge in [0, 0.05) is 30.6 Å². The minimum absolute atomic E-state index is 0.0953. The molecule has 0 aliphatic rings. The van der Waals surface area contributed by atoms with Crippen molar-refractivity contribution in [3.05, 3.63) is 61.3 Å². The molecule has 7 heteroatoms. The number of halogens is 2. The molecule has 0 aliphatic carbocycles. The van der Waals surface area contributed by atoms with Gasteiger partial charge in [-0.1, -0.05) is 18.5 Å². The molecular formula is C16H14ClFN2O3. The molecule has 0 spiro atoms. The maximum Gasteiger partial charge on any atom is 0.335 e. The van der Waals surface area contributed by atoms with E-state index in [1.807, 2.05) is 6.92 Å². The first-order chi connectivity index (χ1) is 10.8. The maximum atomic E-state index is 14.5. The van der Waals surface area contributed by atoms with Crippen LogP contribution in [0, 0.1) is 12.7 Å². The van der Waals surface area contributed by atoms with Gasteiger partial charge in [0.2, 0.25) is 0 Å². The quantitative estimate of drug-likeness (QED) is 0.723. The minimum atomic E-state index is -0.756. The Bertz CT molecular complexity index is 1050. The molecule has 0 amide bonds. The Balaban J connectivity index is 2.52. The highest BCUT2D eigenvalue weighted by Gasteiger charge is 2.20. The summed E-state index contributed by atoms with van der Waals surface area (Å²) in [6, 6.07) is 3.93. The van der Waals surface area contributed by atoms with Gasteiger partial charge in [-0.2, -0.15) is 0 Å². The van der Waals surface area contributed by atoms with E-state index in [4.69, 9.17) is 16.0 Å². The molecule has 0 aliphatic heterocycles. The second kappa shape index (κ2) is 5.38. The summed E-state index contributed by atoms with van der Waals surface area (Å²) in [5.41, 5.74) is -0.625. The number of nitrogens with zero attached hydrogens (tertiary/aromatic N) is 2. The predicted molar refractivity (Wildman–Crippen MR) is 86.1 cm³/mol. The van der Waals surface area contributed by atoms with Crippen LogP contribution in [0.1, 0.15) is 18.4 Å². The topological polar surface area (TPSA) is 57.1 Å². The monoisotopic (exact) mass is 336 g/mol. The van der Waals surface area contributed by atoms with E-state index in [0.29, 0.717) is 23.3 Å². The summed E-state index contributed by atoms with van der Waals surface area (Å²) in [6.07, 6.45) is 0.576. The summed E-state index contributed by atoms with van der Waals surface area (Å²) in [5, 5.41) is 0.396. The van der Waals surface area contributed by atoms with Crippen LogP contribution in [0.2, 0.25) is 5.02 Å². The summed E-state index contributed by atoms with van der Waals surface area (Å²) < 4.78 is 22.2. The third kappa shape index (κ3) is 2.30. The lowest BCUT2D eigenvalue weighted by molar-refractivity contribution is 0.555. The van der Waals surface area contributed by atoms with Crippen molar-refractivity contribution in [1.82, 2.24) is 9.13 Å². The zero-order valence-corrected chi connectivity index (χ0v) is 13.6. The summed E-state index contributed by atoms with van der Waals surface area (Å²) in [5.74, 6) is -0.167. The van der Waals surface area contributed by atoms with Crippen molar-refractivity contribution in [3.8, 4) is 5.69 Å². The van der Waals surface area contributed by atoms with Crippen LogP contribution in [0.5, 0.6) is 0 Å². The molecule has 2 aromatic heterocycles. The number of aryl methyl sites for hydroxylation is 2. The number of fused-ring (bicyclic) bond motifs is 1. The zero-order valence-electron chi connectivity index (χ0n) is 12.8. The second-order valence-corrected chi connectivity index (χ2v) is 5.71. The number of furan rings is 1. The molecule has 0 N–H and O–H groups in total. The van der Waals surface area contributed by atoms with E-state index in [1.165, 1.54) is 17.7 Å². The molecule has 0 saturated carbocycles. The minimum Gasteiger partial charge on any atom is -0.459 e. The van der Waals surface area contributed by atoms with Crippen molar-refractivity contribution in [2.75, 3.05) is 0 Å². The maximum absolute atomic E-state index is 14.5. The third-order valence-electron chi connectivity index (χ3n) is 3.87. The van der Waals surface area contributed by atoms with E-state index in [9.17, 15) is 14.0 Å². The van der Waals surface area contributed by atoms with Gasteiger partial charge >= 0.3 is 5.69 Å². The summed E-state index contributed by atoms with van der Waals surface area (Å²) in [4.78, 5) is 24.8. The summed E-state index contributed by atoms with van der Waals surface area (Å²) in [6.45, 7) is 3.51. The number of hydrogen-bond acceptors (Lipinski definition) is 3. The Hall–Kier alpha value is -2.34. The largest absolute Gasteiger partial charge is 0.459 e. The van der Waals surface area contributed by atoms with Crippen LogP contribution in [0.15, 0.2) is 32.2 Å². The van der Waals surface area contributed by atoms with Crippen LogP contribution in [0.25, 0.3) is 16.7 Å². The van der Waals surface area contributed by atoms with Gasteiger partial charge in [-0.3, -0.25) is 4.79 Å². The van der Waals surface area contributed by atoms with E-state index in [-0.39, 0.29) is 16.3 Å². The molecule has 1 aromatic carbocycles. The zero-order chi connectivity index (χ0) is 16.9. The lowest BCUT2D eigenvalue weighted by Crippen LogP contribution is -2.38. The smallest absolute Gasteiger partial charge is 0.335 e. The Morgan fingerprint density at radius 1 is 1.26 bits per heavy atom. The average Bonchev–Trinajstić information content (AvgIpc) is 2.93. The van der Waals surface area contributed by atoms with Crippen molar-refractivity contribution in [2.24, 2.45) is 7.05 Å². The third-order valence-corrected chi connectivity index (χ3v) is 4.15. The Kier molecular flexibility index (Phi) is 3.64. The lowest BCUT2D eigenvalue weighted by atomic mass is 10.2. The van der Waals surface area contributed by atoms with Crippen LogP contribution >= 0.6 is 11.6 Å². The predicted octanol–water partition coefficient (Wildman–Crippen LogP) is 2.95. The van der Waals surface area contributed by atoms with Crippen LogP contribution in [-0.4, -0.2) is 9.13 Å². The van der Waals surface area contributed by atoms with Crippen molar-refractivity contribution < 1.29 is 8.81 Å². The van der Waals surface area contributed by atoms with E-state index >= 15 is 0 Å². The molecule has 0 saturated heterocycles. The highest BCUT2D eigenvalue weighted by Crippen LogP contribution is 2.33. The molecule has 0 radical (unpaired) electrons. The van der Waals surface area contributed by atoms with Crippen LogP contribution in [0.3, 0.4) is 0 Å². The molecule has 5 nitrogen and oxygen atoms in total. The summed E-state index contributed by atoms with van der Waals surface area (Å²) >= 11 is 6.02. The highest BCUT2D eigenvalue weighted by molar-refractivity contribution is 6.35. The number of hydrogen-bond donors (Lipinski definition) is 0. The van der Waals surface area contributed by atoms with Crippen molar-refractivity contribution in [1.29, 1.82) is 0 Å². The molecule has 3 rings (SSSR count). The Morgan fingerprint density at radius 2 is 1.96 bits per heavy atom. The molecule has 0 atom stereocenters. The molecule has 120 valence electrons. The molecular weight excluding hydrogens is 323 g/mol. The lowest BCUT2D eigenvalue weighted by Gasteiger charge is -2.11. The van der Waals surface area contributed by atoms with Crippen LogP contribution < -0.4 is 11.2 Å². The van der Waals surface area contributed by atoms with Gasteiger partial charge in [-0.25, -0.2) is 13.8 Å². The van der Waals surface area contributed by atoms with E-state index in [2.05, 4.69) is 0 Å². The Labute approximate surface area is 135 Å². The first-order valence-corrected chi connectivity index (χ1v) is 7.43. The number of aromatic nitrogens is 2. The molecule has 3 aromatic rings. The number of rotatable bonds is 2. The van der Waals surface area contributed by atoms with Gasteiger partial charge in [-0.05, 0) is 19.1 Å². The van der Waals surface area contributed by atoms with Crippen molar-refractivity contribution >= 4 is 22.6 Å². The molecule has 23 heavy (non-hydrogen) atoms.